The van der Waals surface area contributed by atoms with Gasteiger partial charge >= 0.3 is 0 Å². The van der Waals surface area contributed by atoms with Crippen molar-refractivity contribution in [2.24, 2.45) is 0 Å². The number of carbonyl (C=O) groups is 2. The van der Waals surface area contributed by atoms with Crippen LogP contribution < -0.4 is 10.1 Å². The Morgan fingerprint density at radius 2 is 1.77 bits per heavy atom. The van der Waals surface area contributed by atoms with Crippen LogP contribution in [0.4, 0.5) is 0 Å². The first-order valence-corrected chi connectivity index (χ1v) is 12.5. The summed E-state index contributed by atoms with van der Waals surface area (Å²) in [6, 6.07) is 8.11. The zero-order valence-electron chi connectivity index (χ0n) is 18.0. The standard InChI is InChI=1S/C22H28N2O5S2/c1-15-14-20(16(2)30-15)21(25)8-9-22(26)23-17-10-12-24(13-11-17)31(27,28)19-6-4-18(29-3)5-7-19/h4-7,14,17H,8-13H2,1-3H3,(H,23,26). The Morgan fingerprint density at radius 1 is 1.13 bits per heavy atom. The third kappa shape index (κ3) is 5.72. The molecule has 0 spiro atoms. The lowest BCUT2D eigenvalue weighted by Crippen LogP contribution is -2.46. The number of nitrogens with zero attached hydrogens (tertiary/aromatic N) is 1. The Morgan fingerprint density at radius 3 is 2.32 bits per heavy atom. The van der Waals surface area contributed by atoms with Gasteiger partial charge in [-0.15, -0.1) is 11.3 Å². The van der Waals surface area contributed by atoms with Gasteiger partial charge in [-0.3, -0.25) is 9.59 Å². The number of aryl methyl sites for hydroxylation is 2. The van der Waals surface area contributed by atoms with Crippen molar-refractivity contribution in [3.05, 3.63) is 45.6 Å². The van der Waals surface area contributed by atoms with Gasteiger partial charge in [0.15, 0.2) is 5.78 Å². The first kappa shape index (κ1) is 23.4. The summed E-state index contributed by atoms with van der Waals surface area (Å²) in [4.78, 5) is 26.9. The number of rotatable bonds is 8. The summed E-state index contributed by atoms with van der Waals surface area (Å²) in [5.74, 6) is 0.412. The molecule has 2 heterocycles. The topological polar surface area (TPSA) is 92.8 Å². The first-order valence-electron chi connectivity index (χ1n) is 10.2. The third-order valence-corrected chi connectivity index (χ3v) is 8.32. The molecule has 1 N–H and O–H groups in total. The lowest BCUT2D eigenvalue weighted by molar-refractivity contribution is -0.122. The normalized spacial score (nSPS) is 15.6. The fourth-order valence-electron chi connectivity index (χ4n) is 3.71. The van der Waals surface area contributed by atoms with Crippen LogP contribution in [0.25, 0.3) is 0 Å². The van der Waals surface area contributed by atoms with E-state index in [2.05, 4.69) is 5.32 Å². The Hall–Kier alpha value is -2.23. The number of thiophene rings is 1. The number of methoxy groups -OCH3 is 1. The molecule has 2 aromatic rings. The second-order valence-corrected chi connectivity index (χ2v) is 11.1. The van der Waals surface area contributed by atoms with Gasteiger partial charge in [-0.1, -0.05) is 0 Å². The van der Waals surface area contributed by atoms with Crippen LogP contribution in [0.2, 0.25) is 0 Å². The van der Waals surface area contributed by atoms with Gasteiger partial charge in [0.25, 0.3) is 0 Å². The predicted octanol–water partition coefficient (Wildman–Crippen LogP) is 3.31. The van der Waals surface area contributed by atoms with Crippen LogP contribution in [-0.2, 0) is 14.8 Å². The van der Waals surface area contributed by atoms with Crippen molar-refractivity contribution >= 4 is 33.1 Å². The van der Waals surface area contributed by atoms with E-state index < -0.39 is 10.0 Å². The molecule has 7 nitrogen and oxygen atoms in total. The van der Waals surface area contributed by atoms with Crippen molar-refractivity contribution in [3.8, 4) is 5.75 Å². The average molecular weight is 465 g/mol. The lowest BCUT2D eigenvalue weighted by atomic mass is 10.0. The maximum atomic E-state index is 12.8. The van der Waals surface area contributed by atoms with Crippen LogP contribution in [0.15, 0.2) is 35.2 Å². The van der Waals surface area contributed by atoms with Crippen LogP contribution >= 0.6 is 11.3 Å². The van der Waals surface area contributed by atoms with E-state index in [1.54, 1.807) is 23.5 Å². The molecule has 3 rings (SSSR count). The molecule has 0 saturated carbocycles. The second-order valence-electron chi connectivity index (χ2n) is 7.67. The molecular weight excluding hydrogens is 436 g/mol. The molecule has 0 radical (unpaired) electrons. The number of sulfonamides is 1. The van der Waals surface area contributed by atoms with E-state index in [9.17, 15) is 18.0 Å². The number of nitrogens with one attached hydrogen (secondary N) is 1. The molecule has 0 atom stereocenters. The SMILES string of the molecule is COc1ccc(S(=O)(=O)N2CCC(NC(=O)CCC(=O)c3cc(C)sc3C)CC2)cc1. The molecule has 1 amide bonds. The van der Waals surface area contributed by atoms with Gasteiger partial charge in [-0.05, 0) is 57.0 Å². The first-order chi connectivity index (χ1) is 14.7. The quantitative estimate of drug-likeness (QED) is 0.605. The number of Topliss-reactive ketones (excluding diaryl/α,β-unsaturated/α-hetero) is 1. The Kier molecular flexibility index (Phi) is 7.51. The van der Waals surface area contributed by atoms with Crippen LogP contribution in [0.3, 0.4) is 0 Å². The highest BCUT2D eigenvalue weighted by Gasteiger charge is 2.30. The van der Waals surface area contributed by atoms with Crippen molar-refractivity contribution in [1.82, 2.24) is 9.62 Å². The highest BCUT2D eigenvalue weighted by atomic mass is 32.2. The molecular formula is C22H28N2O5S2. The van der Waals surface area contributed by atoms with E-state index in [0.717, 1.165) is 9.75 Å². The highest BCUT2D eigenvalue weighted by Crippen LogP contribution is 2.24. The summed E-state index contributed by atoms with van der Waals surface area (Å²) < 4.78 is 32.2. The van der Waals surface area contributed by atoms with E-state index in [-0.39, 0.29) is 35.5 Å². The van der Waals surface area contributed by atoms with Gasteiger partial charge in [-0.25, -0.2) is 8.42 Å². The fraction of sp³-hybridized carbons (Fsp3) is 0.455. The number of ketones is 1. The minimum atomic E-state index is -3.57. The molecule has 1 fully saturated rings. The van der Waals surface area contributed by atoms with E-state index in [1.807, 2.05) is 19.9 Å². The number of ether oxygens (including phenoxy) is 1. The highest BCUT2D eigenvalue weighted by molar-refractivity contribution is 7.89. The zero-order chi connectivity index (χ0) is 22.6. The van der Waals surface area contributed by atoms with Gasteiger partial charge < -0.3 is 10.1 Å². The number of carbonyl (C=O) groups excluding carboxylic acids is 2. The number of hydrogen-bond donors (Lipinski definition) is 1. The van der Waals surface area contributed by atoms with Crippen molar-refractivity contribution in [2.45, 2.75) is 50.5 Å². The molecule has 1 aliphatic heterocycles. The maximum Gasteiger partial charge on any atom is 0.243 e. The van der Waals surface area contributed by atoms with E-state index in [0.29, 0.717) is 37.2 Å². The van der Waals surface area contributed by atoms with Gasteiger partial charge in [0.2, 0.25) is 15.9 Å². The number of piperidine rings is 1. The Bertz CT molecular complexity index is 1040. The van der Waals surface area contributed by atoms with Crippen LogP contribution in [0, 0.1) is 13.8 Å². The molecule has 0 unspecified atom stereocenters. The van der Waals surface area contributed by atoms with Gasteiger partial charge in [0, 0.05) is 47.3 Å². The summed E-state index contributed by atoms with van der Waals surface area (Å²) in [7, 11) is -2.04. The summed E-state index contributed by atoms with van der Waals surface area (Å²) in [6.07, 6.45) is 1.39. The predicted molar refractivity (Wildman–Crippen MR) is 120 cm³/mol. The maximum absolute atomic E-state index is 12.8. The molecule has 9 heteroatoms. The van der Waals surface area contributed by atoms with Crippen molar-refractivity contribution < 1.29 is 22.7 Å². The molecule has 31 heavy (non-hydrogen) atoms. The largest absolute Gasteiger partial charge is 0.497 e. The fourth-order valence-corrected chi connectivity index (χ4v) is 6.12. The Balaban J connectivity index is 1.47. The lowest BCUT2D eigenvalue weighted by Gasteiger charge is -2.31. The number of amides is 1. The molecule has 1 saturated heterocycles. The monoisotopic (exact) mass is 464 g/mol. The van der Waals surface area contributed by atoms with Crippen LogP contribution in [-0.4, -0.2) is 50.7 Å². The van der Waals surface area contributed by atoms with E-state index in [4.69, 9.17) is 4.74 Å². The molecule has 1 aromatic carbocycles. The summed E-state index contributed by atoms with van der Waals surface area (Å²) >= 11 is 1.58. The van der Waals surface area contributed by atoms with Gasteiger partial charge in [-0.2, -0.15) is 4.31 Å². The van der Waals surface area contributed by atoms with E-state index in [1.165, 1.54) is 23.5 Å². The molecule has 0 aliphatic carbocycles. The number of benzene rings is 1. The average Bonchev–Trinajstić information content (AvgIpc) is 3.10. The summed E-state index contributed by atoms with van der Waals surface area (Å²) in [5.41, 5.74) is 0.701. The molecule has 1 aliphatic rings. The van der Waals surface area contributed by atoms with Gasteiger partial charge in [0.05, 0.1) is 12.0 Å². The Labute approximate surface area is 187 Å². The smallest absolute Gasteiger partial charge is 0.243 e. The third-order valence-electron chi connectivity index (χ3n) is 5.44. The summed E-state index contributed by atoms with van der Waals surface area (Å²) in [5, 5.41) is 2.95. The van der Waals surface area contributed by atoms with Crippen molar-refractivity contribution in [3.63, 3.8) is 0 Å². The number of hydrogen-bond acceptors (Lipinski definition) is 6. The summed E-state index contributed by atoms with van der Waals surface area (Å²) in [6.45, 7) is 4.55. The van der Waals surface area contributed by atoms with E-state index >= 15 is 0 Å². The van der Waals surface area contributed by atoms with Crippen molar-refractivity contribution in [1.29, 1.82) is 0 Å². The molecule has 0 bridgehead atoms. The van der Waals surface area contributed by atoms with Crippen LogP contribution in [0.5, 0.6) is 5.75 Å². The van der Waals surface area contributed by atoms with Crippen molar-refractivity contribution in [2.75, 3.05) is 20.2 Å². The van der Waals surface area contributed by atoms with Crippen LogP contribution in [0.1, 0.15) is 45.8 Å². The minimum absolute atomic E-state index is 0.0163. The van der Waals surface area contributed by atoms with Gasteiger partial charge in [0.1, 0.15) is 5.75 Å². The zero-order valence-corrected chi connectivity index (χ0v) is 19.6. The molecule has 1 aromatic heterocycles. The molecule has 168 valence electrons. The second kappa shape index (κ2) is 9.93. The minimum Gasteiger partial charge on any atom is -0.497 e.